The van der Waals surface area contributed by atoms with E-state index in [4.69, 9.17) is 9.47 Å². The fraction of sp³-hybridized carbons (Fsp3) is 0.222. The highest BCUT2D eigenvalue weighted by Gasteiger charge is 2.11. The van der Waals surface area contributed by atoms with Gasteiger partial charge in [-0.3, -0.25) is 4.79 Å². The summed E-state index contributed by atoms with van der Waals surface area (Å²) in [6.45, 7) is 0. The third kappa shape index (κ3) is 1.77. The van der Waals surface area contributed by atoms with Crippen LogP contribution in [0.5, 0.6) is 11.5 Å². The Kier molecular flexibility index (Phi) is 2.84. The highest BCUT2D eigenvalue weighted by molar-refractivity contribution is 5.81. The highest BCUT2D eigenvalue weighted by Crippen LogP contribution is 2.30. The van der Waals surface area contributed by atoms with Crippen molar-refractivity contribution in [2.75, 3.05) is 14.2 Å². The number of rotatable bonds is 3. The van der Waals surface area contributed by atoms with Crippen LogP contribution in [0.2, 0.25) is 0 Å². The molecule has 0 heterocycles. The van der Waals surface area contributed by atoms with Gasteiger partial charge in [-0.25, -0.2) is 4.39 Å². The second-order valence-corrected chi connectivity index (χ2v) is 2.35. The summed E-state index contributed by atoms with van der Waals surface area (Å²) < 4.78 is 22.5. The lowest BCUT2D eigenvalue weighted by atomic mass is 10.2. The first-order valence-corrected chi connectivity index (χ1v) is 3.59. The number of hydrogen-bond acceptors (Lipinski definition) is 3. The second kappa shape index (κ2) is 3.89. The Morgan fingerprint density at radius 1 is 1.31 bits per heavy atom. The van der Waals surface area contributed by atoms with E-state index in [2.05, 4.69) is 0 Å². The van der Waals surface area contributed by atoms with Crippen molar-refractivity contribution in [3.05, 3.63) is 23.5 Å². The average molecular weight is 184 g/mol. The van der Waals surface area contributed by atoms with Crippen molar-refractivity contribution in [2.45, 2.75) is 0 Å². The molecule has 70 valence electrons. The third-order valence-electron chi connectivity index (χ3n) is 1.60. The molecule has 4 heteroatoms. The molecule has 13 heavy (non-hydrogen) atoms. The van der Waals surface area contributed by atoms with Crippen LogP contribution in [0.15, 0.2) is 12.1 Å². The summed E-state index contributed by atoms with van der Waals surface area (Å²) in [5.41, 5.74) is 0.138. The predicted molar refractivity (Wildman–Crippen MR) is 44.9 cm³/mol. The number of hydrogen-bond donors (Lipinski definition) is 0. The third-order valence-corrected chi connectivity index (χ3v) is 1.60. The highest BCUT2D eigenvalue weighted by atomic mass is 19.1. The molecule has 1 aromatic carbocycles. The van der Waals surface area contributed by atoms with Crippen LogP contribution in [-0.2, 0) is 0 Å². The normalized spacial score (nSPS) is 9.46. The minimum absolute atomic E-state index is 0.138. The van der Waals surface area contributed by atoms with Crippen molar-refractivity contribution in [3.63, 3.8) is 0 Å². The van der Waals surface area contributed by atoms with Gasteiger partial charge in [-0.2, -0.15) is 0 Å². The number of ether oxygens (including phenoxy) is 2. The number of carbonyl (C=O) groups excluding carboxylic acids is 1. The Morgan fingerprint density at radius 3 is 2.46 bits per heavy atom. The quantitative estimate of drug-likeness (QED) is 0.670. The monoisotopic (exact) mass is 184 g/mol. The van der Waals surface area contributed by atoms with Crippen LogP contribution in [-0.4, -0.2) is 20.5 Å². The summed E-state index contributed by atoms with van der Waals surface area (Å²) in [5.74, 6) is -0.0664. The van der Waals surface area contributed by atoms with Gasteiger partial charge in [-0.05, 0) is 6.07 Å². The fourth-order valence-corrected chi connectivity index (χ4v) is 1.05. The molecule has 0 bridgehead atoms. The molecule has 0 saturated heterocycles. The lowest BCUT2D eigenvalue weighted by Gasteiger charge is -2.08. The smallest absolute Gasteiger partial charge is 0.171 e. The molecule has 0 aliphatic rings. The summed E-state index contributed by atoms with van der Waals surface area (Å²) in [6.07, 6.45) is 0.518. The van der Waals surface area contributed by atoms with Crippen molar-refractivity contribution in [2.24, 2.45) is 0 Å². The Balaban J connectivity index is 3.33. The van der Waals surface area contributed by atoms with Crippen LogP contribution >= 0.6 is 0 Å². The standard InChI is InChI=1S/C9H9FO3/c1-12-8-4-7(10)3-6(5-11)9(8)13-2/h3-5H,1-2H3. The van der Waals surface area contributed by atoms with Gasteiger partial charge in [0, 0.05) is 6.07 Å². The zero-order valence-electron chi connectivity index (χ0n) is 7.33. The van der Waals surface area contributed by atoms with Crippen molar-refractivity contribution in [1.29, 1.82) is 0 Å². The topological polar surface area (TPSA) is 35.5 Å². The molecule has 0 atom stereocenters. The molecule has 0 amide bonds. The zero-order chi connectivity index (χ0) is 9.84. The molecule has 0 unspecified atom stereocenters. The summed E-state index contributed by atoms with van der Waals surface area (Å²) in [4.78, 5) is 10.5. The maximum absolute atomic E-state index is 12.8. The Morgan fingerprint density at radius 2 is 2.00 bits per heavy atom. The van der Waals surface area contributed by atoms with Gasteiger partial charge in [-0.1, -0.05) is 0 Å². The minimum atomic E-state index is -0.528. The van der Waals surface area contributed by atoms with Crippen molar-refractivity contribution < 1.29 is 18.7 Å². The lowest BCUT2D eigenvalue weighted by molar-refractivity contribution is 0.111. The van der Waals surface area contributed by atoms with Gasteiger partial charge in [-0.15, -0.1) is 0 Å². The van der Waals surface area contributed by atoms with Gasteiger partial charge < -0.3 is 9.47 Å². The number of halogens is 1. The van der Waals surface area contributed by atoms with Gasteiger partial charge in [0.05, 0.1) is 19.8 Å². The Labute approximate surface area is 75.1 Å². The van der Waals surface area contributed by atoms with Crippen LogP contribution in [0.25, 0.3) is 0 Å². The Bertz CT molecular complexity index is 323. The number of aldehydes is 1. The van der Waals surface area contributed by atoms with E-state index in [1.54, 1.807) is 0 Å². The number of methoxy groups -OCH3 is 2. The molecular formula is C9H9FO3. The summed E-state index contributed by atoms with van der Waals surface area (Å²) >= 11 is 0. The minimum Gasteiger partial charge on any atom is -0.493 e. The van der Waals surface area contributed by atoms with Gasteiger partial charge in [0.15, 0.2) is 17.8 Å². The molecule has 0 aromatic heterocycles. The van der Waals surface area contributed by atoms with Gasteiger partial charge in [0.1, 0.15) is 5.82 Å². The molecule has 0 aliphatic heterocycles. The van der Waals surface area contributed by atoms with E-state index in [0.717, 1.165) is 12.1 Å². The van der Waals surface area contributed by atoms with Crippen LogP contribution in [0.3, 0.4) is 0 Å². The van der Waals surface area contributed by atoms with Crippen LogP contribution < -0.4 is 9.47 Å². The van der Waals surface area contributed by atoms with E-state index in [-0.39, 0.29) is 17.1 Å². The van der Waals surface area contributed by atoms with Crippen molar-refractivity contribution >= 4 is 6.29 Å². The fourth-order valence-electron chi connectivity index (χ4n) is 1.05. The van der Waals surface area contributed by atoms with E-state index < -0.39 is 5.82 Å². The summed E-state index contributed by atoms with van der Waals surface area (Å²) in [7, 11) is 2.77. The molecule has 0 spiro atoms. The van der Waals surface area contributed by atoms with Gasteiger partial charge in [0.25, 0.3) is 0 Å². The molecule has 0 saturated carbocycles. The molecule has 3 nitrogen and oxygen atoms in total. The first-order chi connectivity index (χ1) is 6.22. The second-order valence-electron chi connectivity index (χ2n) is 2.35. The molecule has 1 aromatic rings. The average Bonchev–Trinajstić information content (AvgIpc) is 2.16. The van der Waals surface area contributed by atoms with Crippen molar-refractivity contribution in [3.8, 4) is 11.5 Å². The molecular weight excluding hydrogens is 175 g/mol. The van der Waals surface area contributed by atoms with Gasteiger partial charge >= 0.3 is 0 Å². The lowest BCUT2D eigenvalue weighted by Crippen LogP contribution is -1.96. The van der Waals surface area contributed by atoms with Crippen LogP contribution in [0, 0.1) is 5.82 Å². The molecule has 0 N–H and O–H groups in total. The van der Waals surface area contributed by atoms with Crippen molar-refractivity contribution in [1.82, 2.24) is 0 Å². The summed E-state index contributed by atoms with van der Waals surface area (Å²) in [6, 6.07) is 2.25. The Hall–Kier alpha value is -1.58. The largest absolute Gasteiger partial charge is 0.493 e. The van der Waals surface area contributed by atoms with E-state index in [1.807, 2.05) is 0 Å². The predicted octanol–water partition coefficient (Wildman–Crippen LogP) is 1.66. The van der Waals surface area contributed by atoms with E-state index in [1.165, 1.54) is 14.2 Å². The number of benzene rings is 1. The van der Waals surface area contributed by atoms with E-state index in [9.17, 15) is 9.18 Å². The number of carbonyl (C=O) groups is 1. The summed E-state index contributed by atoms with van der Waals surface area (Å²) in [5, 5.41) is 0. The van der Waals surface area contributed by atoms with Crippen LogP contribution in [0.1, 0.15) is 10.4 Å². The molecule has 0 fully saturated rings. The maximum Gasteiger partial charge on any atom is 0.171 e. The molecule has 1 rings (SSSR count). The maximum atomic E-state index is 12.8. The molecule has 0 radical (unpaired) electrons. The van der Waals surface area contributed by atoms with E-state index in [0.29, 0.717) is 6.29 Å². The van der Waals surface area contributed by atoms with Gasteiger partial charge in [0.2, 0.25) is 0 Å². The zero-order valence-corrected chi connectivity index (χ0v) is 7.33. The SMILES string of the molecule is COc1cc(F)cc(C=O)c1OC. The van der Waals surface area contributed by atoms with Crippen LogP contribution in [0.4, 0.5) is 4.39 Å². The first-order valence-electron chi connectivity index (χ1n) is 3.59. The molecule has 0 aliphatic carbocycles. The first kappa shape index (κ1) is 9.51. The van der Waals surface area contributed by atoms with E-state index >= 15 is 0 Å².